The number of aryl methyl sites for hydroxylation is 1. The van der Waals surface area contributed by atoms with Crippen molar-refractivity contribution >= 4 is 52.4 Å². The van der Waals surface area contributed by atoms with Crippen molar-refractivity contribution in [3.05, 3.63) is 106 Å². The molecule has 0 unspecified atom stereocenters. The third kappa shape index (κ3) is 7.19. The highest BCUT2D eigenvalue weighted by Crippen LogP contribution is 2.40. The molecule has 0 aliphatic carbocycles. The number of carbonyl (C=O) groups is 1. The Morgan fingerprint density at radius 2 is 1.13 bits per heavy atom. The number of rotatable bonds is 15. The van der Waals surface area contributed by atoms with Crippen molar-refractivity contribution in [2.75, 3.05) is 42.2 Å². The Hall–Kier alpha value is -6.13. The molecule has 4 aromatic carbocycles. The average Bonchev–Trinajstić information content (AvgIpc) is 3.70. The van der Waals surface area contributed by atoms with E-state index in [0.717, 1.165) is 55.9 Å². The van der Waals surface area contributed by atoms with Crippen LogP contribution in [0, 0.1) is 0 Å². The van der Waals surface area contributed by atoms with Gasteiger partial charge in [0.1, 0.15) is 6.61 Å². The predicted octanol–water partition coefficient (Wildman–Crippen LogP) is 7.90. The van der Waals surface area contributed by atoms with Gasteiger partial charge in [0.25, 0.3) is 0 Å². The summed E-state index contributed by atoms with van der Waals surface area (Å²) < 4.78 is 38.1. The van der Waals surface area contributed by atoms with E-state index in [-0.39, 0.29) is 6.61 Å². The van der Waals surface area contributed by atoms with Gasteiger partial charge in [-0.05, 0) is 70.8 Å². The van der Waals surface area contributed by atoms with Crippen molar-refractivity contribution in [3.63, 3.8) is 0 Å². The molecule has 2 aromatic heterocycles. The molecule has 6 rings (SSSR count). The Morgan fingerprint density at radius 3 is 1.67 bits per heavy atom. The predicted molar refractivity (Wildman–Crippen MR) is 205 cm³/mol. The van der Waals surface area contributed by atoms with Crippen LogP contribution in [0.5, 0.6) is 34.5 Å². The molecule has 0 aliphatic rings. The van der Waals surface area contributed by atoms with Gasteiger partial charge in [0.05, 0.1) is 48.7 Å². The Morgan fingerprint density at radius 1 is 0.615 bits per heavy atom. The molecule has 10 heteroatoms. The fraction of sp³-hybridized carbons (Fsp3) is 0.214. The average molecular weight is 703 g/mol. The number of carbonyl (C=O) groups excluding carboxylic acids is 1. The first-order chi connectivity index (χ1) is 25.3. The molecular weight excluding hydrogens is 660 g/mol. The zero-order valence-corrected chi connectivity index (χ0v) is 30.1. The van der Waals surface area contributed by atoms with Crippen molar-refractivity contribution < 1.29 is 38.3 Å². The van der Waals surface area contributed by atoms with Crippen molar-refractivity contribution in [1.82, 2.24) is 9.13 Å². The highest BCUT2D eigenvalue weighted by molar-refractivity contribution is 5.99. The van der Waals surface area contributed by atoms with Gasteiger partial charge < -0.3 is 42.7 Å². The zero-order valence-electron chi connectivity index (χ0n) is 30.1. The van der Waals surface area contributed by atoms with Gasteiger partial charge in [-0.3, -0.25) is 4.79 Å². The van der Waals surface area contributed by atoms with E-state index in [1.54, 1.807) is 35.5 Å². The van der Waals surface area contributed by atoms with Crippen LogP contribution in [-0.2, 0) is 20.2 Å². The third-order valence-corrected chi connectivity index (χ3v) is 9.01. The van der Waals surface area contributed by atoms with Gasteiger partial charge in [-0.25, -0.2) is 0 Å². The van der Waals surface area contributed by atoms with Crippen LogP contribution in [0.15, 0.2) is 73.1 Å². The summed E-state index contributed by atoms with van der Waals surface area (Å²) in [6.45, 7) is 0.763. The summed E-state index contributed by atoms with van der Waals surface area (Å²) in [7, 11) is 9.86. The van der Waals surface area contributed by atoms with E-state index in [9.17, 15) is 9.90 Å². The molecule has 0 radical (unpaired) electrons. The first kappa shape index (κ1) is 35.7. The minimum Gasteiger partial charge on any atom is -0.493 e. The van der Waals surface area contributed by atoms with Crippen LogP contribution in [0.1, 0.15) is 38.2 Å². The van der Waals surface area contributed by atoms with Crippen molar-refractivity contribution in [2.24, 2.45) is 7.05 Å². The SMILES string of the molecule is COc1cc(/C=C\c2ccc3c(c2)c(CO)cn3CCOc2cc(/C=C\c3ccc4c(c3)c(C=O)cn4C)cc(OC)c2OC)cc(OC)c1OC. The van der Waals surface area contributed by atoms with Crippen LogP contribution < -0.4 is 28.4 Å². The largest absolute Gasteiger partial charge is 0.493 e. The standard InChI is InChI=1S/C42H42N2O8/c1-43-23-31(25-45)33-17-27(11-13-35(33)43)8-10-30-21-39(49-4)42(51-6)40(22-30)52-16-15-44-24-32(26-46)34-18-28(12-14-36(34)44)7-9-29-19-37(47-2)41(50-5)38(20-29)48-3/h7-14,17-25,46H,15-16,26H2,1-6H3/b9-7-,10-8-. The summed E-state index contributed by atoms with van der Waals surface area (Å²) in [6.07, 6.45) is 12.6. The van der Waals surface area contributed by atoms with Crippen LogP contribution in [0.2, 0.25) is 0 Å². The number of ether oxygens (including phenoxy) is 6. The Kier molecular flexibility index (Phi) is 10.9. The molecule has 0 amide bonds. The van der Waals surface area contributed by atoms with E-state index in [2.05, 4.69) is 10.6 Å². The summed E-state index contributed by atoms with van der Waals surface area (Å²) in [5.74, 6) is 3.28. The van der Waals surface area contributed by atoms with Gasteiger partial charge in [0.2, 0.25) is 11.5 Å². The summed E-state index contributed by atoms with van der Waals surface area (Å²) in [5.41, 5.74) is 7.12. The van der Waals surface area contributed by atoms with Gasteiger partial charge in [0.15, 0.2) is 29.3 Å². The van der Waals surface area contributed by atoms with Gasteiger partial charge >= 0.3 is 0 Å². The quantitative estimate of drug-likeness (QED) is 0.0852. The maximum atomic E-state index is 11.6. The van der Waals surface area contributed by atoms with Crippen LogP contribution in [0.3, 0.4) is 0 Å². The lowest BCUT2D eigenvalue weighted by molar-refractivity contribution is 0.112. The Bertz CT molecular complexity index is 2270. The molecule has 0 bridgehead atoms. The van der Waals surface area contributed by atoms with Crippen LogP contribution in [0.4, 0.5) is 0 Å². The maximum absolute atomic E-state index is 11.6. The molecule has 2 heterocycles. The van der Waals surface area contributed by atoms with Gasteiger partial charge in [-0.1, -0.05) is 36.4 Å². The molecule has 0 aliphatic heterocycles. The second-order valence-corrected chi connectivity index (χ2v) is 12.1. The number of hydrogen-bond donors (Lipinski definition) is 1. The lowest BCUT2D eigenvalue weighted by Crippen LogP contribution is -2.08. The molecule has 1 N–H and O–H groups in total. The van der Waals surface area contributed by atoms with E-state index in [1.807, 2.05) is 103 Å². The van der Waals surface area contributed by atoms with E-state index >= 15 is 0 Å². The van der Waals surface area contributed by atoms with E-state index in [4.69, 9.17) is 28.4 Å². The maximum Gasteiger partial charge on any atom is 0.203 e. The second-order valence-electron chi connectivity index (χ2n) is 12.1. The molecule has 0 saturated carbocycles. The number of methoxy groups -OCH3 is 5. The molecule has 268 valence electrons. The smallest absolute Gasteiger partial charge is 0.203 e. The Balaban J connectivity index is 1.20. The number of nitrogens with zero attached hydrogens (tertiary/aromatic N) is 2. The van der Waals surface area contributed by atoms with E-state index in [1.165, 1.54) is 0 Å². The molecule has 0 atom stereocenters. The Labute approximate surface area is 302 Å². The summed E-state index contributed by atoms with van der Waals surface area (Å²) in [4.78, 5) is 11.6. The summed E-state index contributed by atoms with van der Waals surface area (Å²) in [5, 5.41) is 12.1. The fourth-order valence-corrected chi connectivity index (χ4v) is 6.43. The van der Waals surface area contributed by atoms with Crippen molar-refractivity contribution in [2.45, 2.75) is 13.2 Å². The topological polar surface area (TPSA) is 103 Å². The van der Waals surface area contributed by atoms with Gasteiger partial charge in [0, 0.05) is 52.4 Å². The highest BCUT2D eigenvalue weighted by atomic mass is 16.5. The van der Waals surface area contributed by atoms with Crippen LogP contribution in [0.25, 0.3) is 46.1 Å². The van der Waals surface area contributed by atoms with E-state index < -0.39 is 0 Å². The van der Waals surface area contributed by atoms with Crippen molar-refractivity contribution in [1.29, 1.82) is 0 Å². The minimum absolute atomic E-state index is 0.0997. The second kappa shape index (κ2) is 15.8. The minimum atomic E-state index is -0.0997. The van der Waals surface area contributed by atoms with Gasteiger partial charge in [-0.2, -0.15) is 0 Å². The van der Waals surface area contributed by atoms with Crippen molar-refractivity contribution in [3.8, 4) is 34.5 Å². The molecule has 0 fully saturated rings. The van der Waals surface area contributed by atoms with E-state index in [0.29, 0.717) is 53.2 Å². The fourth-order valence-electron chi connectivity index (χ4n) is 6.43. The number of aliphatic hydroxyl groups excluding tert-OH is 1. The summed E-state index contributed by atoms with van der Waals surface area (Å²) >= 11 is 0. The monoisotopic (exact) mass is 702 g/mol. The lowest BCUT2D eigenvalue weighted by Gasteiger charge is -2.15. The zero-order chi connectivity index (χ0) is 36.8. The molecule has 0 spiro atoms. The highest BCUT2D eigenvalue weighted by Gasteiger charge is 2.16. The molecule has 52 heavy (non-hydrogen) atoms. The number of fused-ring (bicyclic) bond motifs is 2. The molecule has 10 nitrogen and oxygen atoms in total. The first-order valence-corrected chi connectivity index (χ1v) is 16.7. The number of hydrogen-bond acceptors (Lipinski definition) is 8. The van der Waals surface area contributed by atoms with Crippen LogP contribution >= 0.6 is 0 Å². The lowest BCUT2D eigenvalue weighted by atomic mass is 10.1. The van der Waals surface area contributed by atoms with Gasteiger partial charge in [-0.15, -0.1) is 0 Å². The molecule has 0 saturated heterocycles. The number of aromatic nitrogens is 2. The normalized spacial score (nSPS) is 11.5. The number of aldehydes is 1. The van der Waals surface area contributed by atoms with Crippen LogP contribution in [-0.4, -0.2) is 62.7 Å². The number of benzene rings is 4. The third-order valence-electron chi connectivity index (χ3n) is 9.01. The summed E-state index contributed by atoms with van der Waals surface area (Å²) in [6, 6.07) is 19.7. The molecule has 6 aromatic rings. The first-order valence-electron chi connectivity index (χ1n) is 16.7. The number of aliphatic hydroxyl groups is 1. The molecular formula is C42H42N2O8.